The number of hydrogen-bond acceptors (Lipinski definition) is 2. The molecule has 0 spiro atoms. The highest BCUT2D eigenvalue weighted by Gasteiger charge is 2.34. The second-order valence-electron chi connectivity index (χ2n) is 5.17. The molecule has 0 amide bonds. The third kappa shape index (κ3) is 2.90. The molecule has 0 radical (unpaired) electrons. The highest BCUT2D eigenvalue weighted by Crippen LogP contribution is 2.29. The summed E-state index contributed by atoms with van der Waals surface area (Å²) >= 11 is 3.66. The smallest absolute Gasteiger partial charge is 0.0368 e. The lowest BCUT2D eigenvalue weighted by atomic mass is 9.83. The first-order valence-corrected chi connectivity index (χ1v) is 7.05. The number of nitrogens with zero attached hydrogens (tertiary/aromatic N) is 1. The van der Waals surface area contributed by atoms with Crippen LogP contribution >= 0.6 is 15.9 Å². The van der Waals surface area contributed by atoms with E-state index in [0.717, 1.165) is 19.5 Å². The molecule has 1 atom stereocenters. The fourth-order valence-corrected chi connectivity index (χ4v) is 3.06. The number of nitrogens with one attached hydrogen (secondary N) is 1. The first-order valence-electron chi connectivity index (χ1n) is 6.26. The van der Waals surface area contributed by atoms with Crippen LogP contribution in [0.4, 0.5) is 0 Å². The van der Waals surface area contributed by atoms with Crippen molar-refractivity contribution in [2.24, 2.45) is 0 Å². The fourth-order valence-electron chi connectivity index (χ4n) is 2.64. The minimum absolute atomic E-state index is 0.266. The van der Waals surface area contributed by atoms with E-state index in [2.05, 4.69) is 64.5 Å². The molecule has 0 bridgehead atoms. The number of piperidine rings is 1. The molecule has 94 valence electrons. The van der Waals surface area contributed by atoms with E-state index in [0.29, 0.717) is 0 Å². The quantitative estimate of drug-likeness (QED) is 0.923. The Hall–Kier alpha value is -0.380. The van der Waals surface area contributed by atoms with Gasteiger partial charge >= 0.3 is 0 Å². The van der Waals surface area contributed by atoms with Crippen molar-refractivity contribution in [1.82, 2.24) is 10.2 Å². The van der Waals surface area contributed by atoms with Crippen LogP contribution in [0.3, 0.4) is 0 Å². The first kappa shape index (κ1) is 13.1. The molecule has 1 unspecified atom stereocenters. The second-order valence-corrected chi connectivity index (χ2v) is 6.02. The molecule has 1 aromatic carbocycles. The Kier molecular flexibility index (Phi) is 4.23. The lowest BCUT2D eigenvalue weighted by Crippen LogP contribution is -2.56. The van der Waals surface area contributed by atoms with Crippen LogP contribution < -0.4 is 5.32 Å². The Balaban J connectivity index is 2.21. The summed E-state index contributed by atoms with van der Waals surface area (Å²) in [5.74, 6) is 0. The molecule has 0 saturated carbocycles. The summed E-state index contributed by atoms with van der Waals surface area (Å²) in [5.41, 5.74) is 1.67. The number of rotatable bonds is 3. The van der Waals surface area contributed by atoms with Gasteiger partial charge in [-0.3, -0.25) is 0 Å². The van der Waals surface area contributed by atoms with Crippen molar-refractivity contribution in [2.75, 3.05) is 27.2 Å². The fraction of sp³-hybridized carbons (Fsp3) is 0.571. The van der Waals surface area contributed by atoms with E-state index in [1.54, 1.807) is 0 Å². The van der Waals surface area contributed by atoms with E-state index in [9.17, 15) is 0 Å². The predicted molar refractivity (Wildman–Crippen MR) is 76.4 cm³/mol. The Morgan fingerprint density at radius 3 is 2.71 bits per heavy atom. The van der Waals surface area contributed by atoms with Gasteiger partial charge in [0.25, 0.3) is 0 Å². The predicted octanol–water partition coefficient (Wildman–Crippen LogP) is 2.68. The average molecular weight is 297 g/mol. The lowest BCUT2D eigenvalue weighted by molar-refractivity contribution is 0.114. The van der Waals surface area contributed by atoms with E-state index < -0.39 is 0 Å². The molecular weight excluding hydrogens is 276 g/mol. The number of likely N-dealkylation sites (N-methyl/N-ethyl adjacent to an activating group) is 1. The van der Waals surface area contributed by atoms with Gasteiger partial charge in [-0.2, -0.15) is 0 Å². The highest BCUT2D eigenvalue weighted by atomic mass is 79.9. The van der Waals surface area contributed by atoms with Crippen molar-refractivity contribution >= 4 is 15.9 Å². The van der Waals surface area contributed by atoms with E-state index >= 15 is 0 Å². The minimum Gasteiger partial charge on any atom is -0.315 e. The van der Waals surface area contributed by atoms with Gasteiger partial charge in [0, 0.05) is 16.6 Å². The Morgan fingerprint density at radius 2 is 2.12 bits per heavy atom. The van der Waals surface area contributed by atoms with Crippen LogP contribution in [0, 0.1) is 0 Å². The number of benzene rings is 1. The molecule has 1 saturated heterocycles. The van der Waals surface area contributed by atoms with Crippen LogP contribution in [0.2, 0.25) is 0 Å². The standard InChI is InChI=1S/C14H21BrN2/c1-17(2)14(8-5-9-16-11-14)10-12-6-3-4-7-13(12)15/h3-4,6-7,16H,5,8-11H2,1-2H3. The van der Waals surface area contributed by atoms with Crippen molar-refractivity contribution in [3.05, 3.63) is 34.3 Å². The summed E-state index contributed by atoms with van der Waals surface area (Å²) < 4.78 is 1.23. The van der Waals surface area contributed by atoms with Crippen molar-refractivity contribution in [2.45, 2.75) is 24.8 Å². The Morgan fingerprint density at radius 1 is 1.35 bits per heavy atom. The lowest BCUT2D eigenvalue weighted by Gasteiger charge is -2.43. The van der Waals surface area contributed by atoms with E-state index in [1.807, 2.05) is 0 Å². The summed E-state index contributed by atoms with van der Waals surface area (Å²) in [7, 11) is 4.40. The van der Waals surface area contributed by atoms with Gasteiger partial charge < -0.3 is 10.2 Å². The maximum Gasteiger partial charge on any atom is 0.0368 e. The van der Waals surface area contributed by atoms with Gasteiger partial charge in [0.15, 0.2) is 0 Å². The van der Waals surface area contributed by atoms with Crippen LogP contribution in [-0.4, -0.2) is 37.6 Å². The molecule has 1 heterocycles. The Bertz CT molecular complexity index is 370. The Labute approximate surface area is 113 Å². The van der Waals surface area contributed by atoms with Gasteiger partial charge in [0.05, 0.1) is 0 Å². The highest BCUT2D eigenvalue weighted by molar-refractivity contribution is 9.10. The number of halogens is 1. The summed E-state index contributed by atoms with van der Waals surface area (Å²) in [6, 6.07) is 8.56. The van der Waals surface area contributed by atoms with Gasteiger partial charge in [0.2, 0.25) is 0 Å². The van der Waals surface area contributed by atoms with Crippen LogP contribution in [0.1, 0.15) is 18.4 Å². The number of hydrogen-bond donors (Lipinski definition) is 1. The zero-order valence-electron chi connectivity index (χ0n) is 10.7. The van der Waals surface area contributed by atoms with Gasteiger partial charge in [-0.05, 0) is 51.5 Å². The molecule has 2 rings (SSSR count). The SMILES string of the molecule is CN(C)C1(Cc2ccccc2Br)CCCNC1. The molecule has 1 aromatic rings. The van der Waals surface area contributed by atoms with E-state index in [-0.39, 0.29) is 5.54 Å². The van der Waals surface area contributed by atoms with Crippen molar-refractivity contribution < 1.29 is 0 Å². The molecule has 2 nitrogen and oxygen atoms in total. The maximum atomic E-state index is 3.66. The van der Waals surface area contributed by atoms with Crippen molar-refractivity contribution in [3.8, 4) is 0 Å². The molecule has 0 aromatic heterocycles. The maximum absolute atomic E-state index is 3.66. The average Bonchev–Trinajstić information content (AvgIpc) is 2.33. The molecular formula is C14H21BrN2. The summed E-state index contributed by atoms with van der Waals surface area (Å²) in [6.07, 6.45) is 3.64. The van der Waals surface area contributed by atoms with Gasteiger partial charge in [0.1, 0.15) is 0 Å². The topological polar surface area (TPSA) is 15.3 Å². The summed E-state index contributed by atoms with van der Waals surface area (Å²) in [5, 5.41) is 3.54. The molecule has 3 heteroatoms. The first-order chi connectivity index (χ1) is 8.14. The summed E-state index contributed by atoms with van der Waals surface area (Å²) in [4.78, 5) is 2.39. The third-order valence-corrected chi connectivity index (χ3v) is 4.65. The van der Waals surface area contributed by atoms with E-state index in [1.165, 1.54) is 22.9 Å². The van der Waals surface area contributed by atoms with Crippen LogP contribution in [-0.2, 0) is 6.42 Å². The van der Waals surface area contributed by atoms with Gasteiger partial charge in [-0.25, -0.2) is 0 Å². The van der Waals surface area contributed by atoms with Crippen LogP contribution in [0.5, 0.6) is 0 Å². The van der Waals surface area contributed by atoms with Crippen molar-refractivity contribution in [1.29, 1.82) is 0 Å². The normalized spacial score (nSPS) is 25.2. The zero-order valence-corrected chi connectivity index (χ0v) is 12.3. The second kappa shape index (κ2) is 5.51. The largest absolute Gasteiger partial charge is 0.315 e. The molecule has 1 aliphatic rings. The molecule has 17 heavy (non-hydrogen) atoms. The van der Waals surface area contributed by atoms with Gasteiger partial charge in [-0.1, -0.05) is 34.1 Å². The molecule has 1 fully saturated rings. The summed E-state index contributed by atoms with van der Waals surface area (Å²) in [6.45, 7) is 2.24. The van der Waals surface area contributed by atoms with Crippen LogP contribution in [0.15, 0.2) is 28.7 Å². The molecule has 0 aliphatic carbocycles. The zero-order chi connectivity index (χ0) is 12.3. The monoisotopic (exact) mass is 296 g/mol. The van der Waals surface area contributed by atoms with Crippen LogP contribution in [0.25, 0.3) is 0 Å². The van der Waals surface area contributed by atoms with E-state index in [4.69, 9.17) is 0 Å². The van der Waals surface area contributed by atoms with Gasteiger partial charge in [-0.15, -0.1) is 0 Å². The minimum atomic E-state index is 0.266. The molecule has 1 N–H and O–H groups in total. The van der Waals surface area contributed by atoms with Crippen molar-refractivity contribution in [3.63, 3.8) is 0 Å². The molecule has 1 aliphatic heterocycles. The third-order valence-electron chi connectivity index (χ3n) is 3.88.